The summed E-state index contributed by atoms with van der Waals surface area (Å²) in [5, 5.41) is 7.91. The topological polar surface area (TPSA) is 41.6 Å². The second-order valence-corrected chi connectivity index (χ2v) is 5.45. The van der Waals surface area contributed by atoms with Crippen LogP contribution < -0.4 is 0 Å². The quantitative estimate of drug-likeness (QED) is 0.590. The number of rotatable bonds is 2. The van der Waals surface area contributed by atoms with Gasteiger partial charge in [0.15, 0.2) is 0 Å². The van der Waals surface area contributed by atoms with Crippen molar-refractivity contribution in [2.24, 2.45) is 0 Å². The van der Waals surface area contributed by atoms with E-state index in [1.807, 2.05) is 30.3 Å². The summed E-state index contributed by atoms with van der Waals surface area (Å²) in [6, 6.07) is 16.1. The summed E-state index contributed by atoms with van der Waals surface area (Å²) in [6.07, 6.45) is 3.52. The lowest BCUT2D eigenvalue weighted by atomic mass is 9.97. The van der Waals surface area contributed by atoms with Crippen molar-refractivity contribution < 1.29 is 4.39 Å². The highest BCUT2D eigenvalue weighted by Gasteiger charge is 2.11. The summed E-state index contributed by atoms with van der Waals surface area (Å²) < 4.78 is 13.5. The average Bonchev–Trinajstić information content (AvgIpc) is 3.05. The van der Waals surface area contributed by atoms with E-state index in [1.165, 1.54) is 6.07 Å². The molecule has 0 amide bonds. The Morgan fingerprint density at radius 1 is 1.13 bits per heavy atom. The third-order valence-corrected chi connectivity index (χ3v) is 3.90. The SMILES string of the molecule is Cc1cc(-c2ncccc2-c2c[c]c3[nH]ncc3c2)ccc1F. The molecule has 0 aliphatic carbocycles. The van der Waals surface area contributed by atoms with Gasteiger partial charge in [-0.15, -0.1) is 0 Å². The minimum absolute atomic E-state index is 0.209. The maximum absolute atomic E-state index is 13.5. The largest absolute Gasteiger partial charge is 0.277 e. The van der Waals surface area contributed by atoms with Crippen LogP contribution in [0.15, 0.2) is 54.9 Å². The summed E-state index contributed by atoms with van der Waals surface area (Å²) >= 11 is 0. The molecular weight excluding hydrogens is 289 g/mol. The van der Waals surface area contributed by atoms with Crippen LogP contribution in [0.4, 0.5) is 4.39 Å². The van der Waals surface area contributed by atoms with Gasteiger partial charge >= 0.3 is 0 Å². The van der Waals surface area contributed by atoms with Crippen LogP contribution >= 0.6 is 0 Å². The van der Waals surface area contributed by atoms with Crippen molar-refractivity contribution in [3.8, 4) is 22.4 Å². The number of benzene rings is 2. The molecule has 4 heteroatoms. The van der Waals surface area contributed by atoms with E-state index in [-0.39, 0.29) is 5.82 Å². The van der Waals surface area contributed by atoms with Crippen LogP contribution in [0.25, 0.3) is 33.3 Å². The van der Waals surface area contributed by atoms with Gasteiger partial charge in [-0.3, -0.25) is 10.1 Å². The summed E-state index contributed by atoms with van der Waals surface area (Å²) in [5.41, 5.74) is 5.19. The van der Waals surface area contributed by atoms with E-state index >= 15 is 0 Å². The average molecular weight is 302 g/mol. The predicted octanol–water partition coefficient (Wildman–Crippen LogP) is 4.54. The molecule has 0 saturated heterocycles. The van der Waals surface area contributed by atoms with Gasteiger partial charge in [-0.05, 0) is 54.4 Å². The number of nitrogens with one attached hydrogen (secondary N) is 1. The summed E-state index contributed by atoms with van der Waals surface area (Å²) in [5.74, 6) is -0.209. The highest BCUT2D eigenvalue weighted by molar-refractivity contribution is 5.87. The lowest BCUT2D eigenvalue weighted by Crippen LogP contribution is -1.91. The van der Waals surface area contributed by atoms with Crippen LogP contribution in [0.2, 0.25) is 0 Å². The molecule has 0 saturated carbocycles. The summed E-state index contributed by atoms with van der Waals surface area (Å²) in [6.45, 7) is 1.76. The molecule has 2 heterocycles. The molecule has 0 unspecified atom stereocenters. The third-order valence-electron chi connectivity index (χ3n) is 3.90. The number of aromatic amines is 1. The zero-order valence-electron chi connectivity index (χ0n) is 12.5. The van der Waals surface area contributed by atoms with Gasteiger partial charge in [0.1, 0.15) is 5.82 Å². The van der Waals surface area contributed by atoms with Crippen molar-refractivity contribution in [2.75, 3.05) is 0 Å². The second kappa shape index (κ2) is 5.32. The number of aryl methyl sites for hydroxylation is 1. The highest BCUT2D eigenvalue weighted by atomic mass is 19.1. The Balaban J connectivity index is 1.90. The van der Waals surface area contributed by atoms with Gasteiger partial charge in [-0.25, -0.2) is 4.39 Å². The first-order chi connectivity index (χ1) is 11.2. The zero-order valence-corrected chi connectivity index (χ0v) is 12.5. The minimum Gasteiger partial charge on any atom is -0.277 e. The van der Waals surface area contributed by atoms with Crippen LogP contribution in [-0.2, 0) is 0 Å². The number of fused-ring (bicyclic) bond motifs is 1. The predicted molar refractivity (Wildman–Crippen MR) is 88.3 cm³/mol. The molecule has 0 aliphatic heterocycles. The number of hydrogen-bond acceptors (Lipinski definition) is 2. The van der Waals surface area contributed by atoms with Gasteiger partial charge in [0.05, 0.1) is 17.4 Å². The molecule has 2 aromatic heterocycles. The Morgan fingerprint density at radius 3 is 2.91 bits per heavy atom. The summed E-state index contributed by atoms with van der Waals surface area (Å²) in [4.78, 5) is 4.50. The molecule has 0 fully saturated rings. The number of hydrogen-bond donors (Lipinski definition) is 1. The molecule has 1 radical (unpaired) electrons. The maximum Gasteiger partial charge on any atom is 0.126 e. The van der Waals surface area contributed by atoms with Crippen LogP contribution in [0, 0.1) is 18.8 Å². The smallest absolute Gasteiger partial charge is 0.126 e. The molecule has 0 aliphatic rings. The first kappa shape index (κ1) is 13.6. The lowest BCUT2D eigenvalue weighted by molar-refractivity contribution is 0.619. The molecule has 4 rings (SSSR count). The fourth-order valence-corrected chi connectivity index (χ4v) is 2.70. The molecule has 0 atom stereocenters. The van der Waals surface area contributed by atoms with Crippen molar-refractivity contribution in [2.45, 2.75) is 6.92 Å². The molecule has 2 aromatic carbocycles. The normalized spacial score (nSPS) is 11.0. The van der Waals surface area contributed by atoms with Crippen molar-refractivity contribution in [1.82, 2.24) is 15.2 Å². The molecule has 23 heavy (non-hydrogen) atoms. The van der Waals surface area contributed by atoms with E-state index < -0.39 is 0 Å². The maximum atomic E-state index is 13.5. The van der Waals surface area contributed by atoms with Crippen molar-refractivity contribution >= 4 is 10.9 Å². The van der Waals surface area contributed by atoms with Gasteiger partial charge in [-0.2, -0.15) is 5.10 Å². The van der Waals surface area contributed by atoms with E-state index in [9.17, 15) is 4.39 Å². The van der Waals surface area contributed by atoms with E-state index in [2.05, 4.69) is 21.2 Å². The van der Waals surface area contributed by atoms with Gasteiger partial charge in [-0.1, -0.05) is 6.07 Å². The Kier molecular flexibility index (Phi) is 3.15. The van der Waals surface area contributed by atoms with Crippen LogP contribution in [0.5, 0.6) is 0 Å². The van der Waals surface area contributed by atoms with E-state index in [0.717, 1.165) is 33.3 Å². The highest BCUT2D eigenvalue weighted by Crippen LogP contribution is 2.32. The number of H-pyrrole nitrogens is 1. The second-order valence-electron chi connectivity index (χ2n) is 5.45. The molecule has 111 valence electrons. The summed E-state index contributed by atoms with van der Waals surface area (Å²) in [7, 11) is 0. The van der Waals surface area contributed by atoms with Crippen LogP contribution in [-0.4, -0.2) is 15.2 Å². The third kappa shape index (κ3) is 2.38. The number of aromatic nitrogens is 3. The van der Waals surface area contributed by atoms with Gasteiger partial charge in [0.25, 0.3) is 0 Å². The van der Waals surface area contributed by atoms with Gasteiger partial charge in [0.2, 0.25) is 0 Å². The Morgan fingerprint density at radius 2 is 2.04 bits per heavy atom. The van der Waals surface area contributed by atoms with Gasteiger partial charge in [0, 0.05) is 28.8 Å². The number of pyridine rings is 1. The lowest BCUT2D eigenvalue weighted by Gasteiger charge is -2.10. The van der Waals surface area contributed by atoms with Crippen LogP contribution in [0.3, 0.4) is 0 Å². The first-order valence-electron chi connectivity index (χ1n) is 7.29. The Hall–Kier alpha value is -3.01. The fraction of sp³-hybridized carbons (Fsp3) is 0.0526. The zero-order chi connectivity index (χ0) is 15.8. The minimum atomic E-state index is -0.209. The van der Waals surface area contributed by atoms with E-state index in [0.29, 0.717) is 5.56 Å². The van der Waals surface area contributed by atoms with Crippen molar-refractivity contribution in [3.05, 3.63) is 72.3 Å². The van der Waals surface area contributed by atoms with Crippen molar-refractivity contribution in [1.29, 1.82) is 0 Å². The molecule has 4 aromatic rings. The molecule has 0 spiro atoms. The first-order valence-corrected chi connectivity index (χ1v) is 7.29. The number of nitrogens with zero attached hydrogens (tertiary/aromatic N) is 2. The Bertz CT molecular complexity index is 1000. The fourth-order valence-electron chi connectivity index (χ4n) is 2.70. The van der Waals surface area contributed by atoms with E-state index in [4.69, 9.17) is 0 Å². The molecule has 0 bridgehead atoms. The number of halogens is 1. The van der Waals surface area contributed by atoms with Crippen LogP contribution in [0.1, 0.15) is 5.56 Å². The standard InChI is InChI=1S/C19H13FN3/c1-12-9-14(4-6-17(12)20)19-16(3-2-8-21-19)13-5-7-18-15(10-13)11-22-23-18/h2-6,8-11H,1H3,(H,22,23). The molecular formula is C19H13FN3. The monoisotopic (exact) mass is 302 g/mol. The van der Waals surface area contributed by atoms with Crippen molar-refractivity contribution in [3.63, 3.8) is 0 Å². The van der Waals surface area contributed by atoms with E-state index in [1.54, 1.807) is 25.4 Å². The molecule has 3 nitrogen and oxygen atoms in total. The molecule has 1 N–H and O–H groups in total. The Labute approximate surface area is 132 Å². The van der Waals surface area contributed by atoms with Gasteiger partial charge < -0.3 is 0 Å².